The molecule has 1 unspecified atom stereocenters. The number of Topliss-reactive ketones (excluding diaryl/α,β-unsaturated/α-hetero) is 1. The number of nitrogens with zero attached hydrogens (tertiary/aromatic N) is 1. The highest BCUT2D eigenvalue weighted by Gasteiger charge is 2.36. The molecule has 3 aromatic carbocycles. The van der Waals surface area contributed by atoms with Gasteiger partial charge >= 0.3 is 6.47 Å². The van der Waals surface area contributed by atoms with Crippen LogP contribution in [-0.2, 0) is 16.2 Å². The predicted molar refractivity (Wildman–Crippen MR) is 122 cm³/mol. The van der Waals surface area contributed by atoms with E-state index in [-0.39, 0.29) is 5.78 Å². The quantitative estimate of drug-likeness (QED) is 0.446. The molecule has 7 nitrogen and oxygen atoms in total. The normalized spacial score (nSPS) is 16.6. The Balaban J connectivity index is 1.67. The molecule has 1 atom stereocenters. The van der Waals surface area contributed by atoms with Crippen LogP contribution in [-0.4, -0.2) is 32.5 Å². The van der Waals surface area contributed by atoms with E-state index in [4.69, 9.17) is 14.3 Å². The second-order valence-corrected chi connectivity index (χ2v) is 7.38. The summed E-state index contributed by atoms with van der Waals surface area (Å²) in [4.78, 5) is 29.7. The summed E-state index contributed by atoms with van der Waals surface area (Å²) < 4.78 is 10.7. The first-order valence-electron chi connectivity index (χ1n) is 10.2. The highest BCUT2D eigenvalue weighted by atomic mass is 16.7. The molecule has 1 N–H and O–H groups in total. The van der Waals surface area contributed by atoms with Crippen LogP contribution in [0.5, 0.6) is 11.5 Å². The first-order chi connectivity index (χ1) is 15.6. The fourth-order valence-electron chi connectivity index (χ4n) is 4.01. The number of nitrogens with one attached hydrogen (secondary N) is 1. The largest absolute Gasteiger partial charge is 0.493 e. The zero-order valence-electron chi connectivity index (χ0n) is 18.1. The molecule has 0 amide bonds. The number of hydrogen-bond donors (Lipinski definition) is 1. The molecular weight excluding hydrogens is 408 g/mol. The first-order valence-corrected chi connectivity index (χ1v) is 10.2. The average Bonchev–Trinajstić information content (AvgIpc) is 2.83. The van der Waals surface area contributed by atoms with Crippen LogP contribution in [0.3, 0.4) is 0 Å². The van der Waals surface area contributed by atoms with E-state index in [0.717, 1.165) is 16.3 Å². The van der Waals surface area contributed by atoms with Gasteiger partial charge in [-0.2, -0.15) is 5.06 Å². The molecule has 0 aliphatic carbocycles. The third-order valence-electron chi connectivity index (χ3n) is 5.63. The number of rotatable bonds is 7. The van der Waals surface area contributed by atoms with Crippen LogP contribution < -0.4 is 19.9 Å². The molecule has 0 spiro atoms. The van der Waals surface area contributed by atoms with Crippen molar-refractivity contribution in [1.29, 1.82) is 0 Å². The van der Waals surface area contributed by atoms with Gasteiger partial charge in [0.25, 0.3) is 0 Å². The van der Waals surface area contributed by atoms with Gasteiger partial charge in [0.15, 0.2) is 17.3 Å². The topological polar surface area (TPSA) is 77.1 Å². The van der Waals surface area contributed by atoms with E-state index in [9.17, 15) is 9.59 Å². The summed E-state index contributed by atoms with van der Waals surface area (Å²) in [5.74, 6) is 0.681. The van der Waals surface area contributed by atoms with Gasteiger partial charge in [0.1, 0.15) is 0 Å². The van der Waals surface area contributed by atoms with Crippen LogP contribution in [0.2, 0.25) is 0 Å². The Morgan fingerprint density at radius 3 is 2.50 bits per heavy atom. The summed E-state index contributed by atoms with van der Waals surface area (Å²) >= 11 is 0. The summed E-state index contributed by atoms with van der Waals surface area (Å²) in [6.45, 7) is 2.68. The molecule has 1 aliphatic heterocycles. The number of hydroxylamine groups is 1. The van der Waals surface area contributed by atoms with E-state index in [2.05, 4.69) is 23.5 Å². The highest BCUT2D eigenvalue weighted by Crippen LogP contribution is 2.41. The maximum Gasteiger partial charge on any atom is 0.320 e. The van der Waals surface area contributed by atoms with Crippen molar-refractivity contribution in [3.8, 4) is 11.5 Å². The summed E-state index contributed by atoms with van der Waals surface area (Å²) in [5, 5.41) is 6.96. The standard InChI is InChI=1S/C25H24N2O5/c1-16-21(14-26-13-18-9-6-8-17-7-4-5-10-19(17)18)25(29)20-11-23(30-2)24(31-3)12-22(20)27(16)32-15-28/h4-12,14-16,26H,13H2,1-3H3. The van der Waals surface area contributed by atoms with E-state index < -0.39 is 6.04 Å². The minimum atomic E-state index is -0.502. The Bertz CT molecular complexity index is 1200. The number of carbonyl (C=O) groups is 2. The molecule has 0 saturated carbocycles. The number of ether oxygens (including phenoxy) is 2. The highest BCUT2D eigenvalue weighted by molar-refractivity contribution is 6.15. The lowest BCUT2D eigenvalue weighted by molar-refractivity contribution is -0.130. The van der Waals surface area contributed by atoms with Crippen LogP contribution in [0, 0.1) is 0 Å². The van der Waals surface area contributed by atoms with Gasteiger partial charge in [0, 0.05) is 24.4 Å². The van der Waals surface area contributed by atoms with Crippen LogP contribution in [0.25, 0.3) is 10.8 Å². The summed E-state index contributed by atoms with van der Waals surface area (Å²) in [5.41, 5.74) is 2.38. The van der Waals surface area contributed by atoms with Crippen molar-refractivity contribution < 1.29 is 23.9 Å². The van der Waals surface area contributed by atoms with Crippen molar-refractivity contribution in [2.75, 3.05) is 19.3 Å². The summed E-state index contributed by atoms with van der Waals surface area (Å²) in [7, 11) is 3.01. The molecule has 0 radical (unpaired) electrons. The van der Waals surface area contributed by atoms with Crippen LogP contribution in [0.4, 0.5) is 5.69 Å². The second kappa shape index (κ2) is 9.01. The lowest BCUT2D eigenvalue weighted by atomic mass is 9.92. The van der Waals surface area contributed by atoms with Gasteiger partial charge in [-0.1, -0.05) is 42.5 Å². The Kier molecular flexibility index (Phi) is 5.98. The molecule has 164 valence electrons. The molecule has 0 saturated heterocycles. The second-order valence-electron chi connectivity index (χ2n) is 7.38. The van der Waals surface area contributed by atoms with E-state index in [0.29, 0.717) is 41.3 Å². The van der Waals surface area contributed by atoms with Gasteiger partial charge in [-0.25, -0.2) is 0 Å². The SMILES string of the molecule is COc1cc2c(cc1OC)N(OC=O)C(C)C(=CNCc1cccc3ccccc13)C2=O. The third-order valence-corrected chi connectivity index (χ3v) is 5.63. The van der Waals surface area contributed by atoms with Crippen LogP contribution in [0.1, 0.15) is 22.8 Å². The molecule has 1 aliphatic rings. The molecule has 4 rings (SSSR count). The van der Waals surface area contributed by atoms with Gasteiger partial charge < -0.3 is 19.6 Å². The molecule has 0 aromatic heterocycles. The van der Waals surface area contributed by atoms with Crippen molar-refractivity contribution in [1.82, 2.24) is 5.32 Å². The zero-order valence-corrected chi connectivity index (χ0v) is 18.1. The number of anilines is 1. The monoisotopic (exact) mass is 432 g/mol. The maximum atomic E-state index is 13.3. The van der Waals surface area contributed by atoms with Gasteiger partial charge in [-0.15, -0.1) is 0 Å². The maximum absolute atomic E-state index is 13.3. The van der Waals surface area contributed by atoms with Crippen LogP contribution in [0.15, 0.2) is 66.4 Å². The number of ketones is 1. The Morgan fingerprint density at radius 1 is 1.03 bits per heavy atom. The number of carbonyl (C=O) groups excluding carboxylic acids is 2. The van der Waals surface area contributed by atoms with Gasteiger partial charge in [0.2, 0.25) is 0 Å². The van der Waals surface area contributed by atoms with Crippen molar-refractivity contribution in [3.63, 3.8) is 0 Å². The lowest BCUT2D eigenvalue weighted by Gasteiger charge is -2.35. The van der Waals surface area contributed by atoms with Crippen molar-refractivity contribution in [2.45, 2.75) is 19.5 Å². The zero-order chi connectivity index (χ0) is 22.7. The third kappa shape index (κ3) is 3.73. The van der Waals surface area contributed by atoms with Gasteiger partial charge in [-0.3, -0.25) is 9.59 Å². The lowest BCUT2D eigenvalue weighted by Crippen LogP contribution is -2.42. The van der Waals surface area contributed by atoms with Crippen LogP contribution >= 0.6 is 0 Å². The minimum absolute atomic E-state index is 0.176. The van der Waals surface area contributed by atoms with Crippen molar-refractivity contribution in [2.24, 2.45) is 0 Å². The number of fused-ring (bicyclic) bond motifs is 2. The summed E-state index contributed by atoms with van der Waals surface area (Å²) in [6, 6.07) is 17.0. The fraction of sp³-hybridized carbons (Fsp3) is 0.200. The fourth-order valence-corrected chi connectivity index (χ4v) is 4.01. The molecule has 7 heteroatoms. The Labute approximate surface area is 186 Å². The number of hydrogen-bond acceptors (Lipinski definition) is 7. The average molecular weight is 432 g/mol. The van der Waals surface area contributed by atoms with Gasteiger partial charge in [0.05, 0.1) is 31.5 Å². The number of benzene rings is 3. The minimum Gasteiger partial charge on any atom is -0.493 e. The Morgan fingerprint density at radius 2 is 1.75 bits per heavy atom. The van der Waals surface area contributed by atoms with E-state index in [1.54, 1.807) is 25.3 Å². The van der Waals surface area contributed by atoms with Crippen molar-refractivity contribution >= 4 is 28.7 Å². The van der Waals surface area contributed by atoms with E-state index in [1.807, 2.05) is 24.3 Å². The predicted octanol–water partition coefficient (Wildman–Crippen LogP) is 4.01. The number of methoxy groups -OCH3 is 2. The molecular formula is C25H24N2O5. The molecule has 3 aromatic rings. The van der Waals surface area contributed by atoms with E-state index in [1.165, 1.54) is 19.3 Å². The smallest absolute Gasteiger partial charge is 0.320 e. The molecule has 32 heavy (non-hydrogen) atoms. The molecule has 0 bridgehead atoms. The van der Waals surface area contributed by atoms with Gasteiger partial charge in [-0.05, 0) is 29.3 Å². The Hall–Kier alpha value is -4.00. The van der Waals surface area contributed by atoms with E-state index >= 15 is 0 Å². The van der Waals surface area contributed by atoms with Crippen molar-refractivity contribution in [3.05, 3.63) is 77.5 Å². The molecule has 0 fully saturated rings. The molecule has 1 heterocycles. The summed E-state index contributed by atoms with van der Waals surface area (Å²) in [6.07, 6.45) is 1.69. The first kappa shape index (κ1) is 21.2.